The highest BCUT2D eigenvalue weighted by Gasteiger charge is 2.31. The van der Waals surface area contributed by atoms with Gasteiger partial charge in [-0.05, 0) is 62.8 Å². The molecule has 2 aliphatic heterocycles. The fourth-order valence-electron chi connectivity index (χ4n) is 4.66. The van der Waals surface area contributed by atoms with Crippen LogP contribution in [-0.2, 0) is 16.6 Å². The second kappa shape index (κ2) is 8.02. The second-order valence-electron chi connectivity index (χ2n) is 8.21. The Hall–Kier alpha value is -2.61. The van der Waals surface area contributed by atoms with Crippen molar-refractivity contribution in [3.8, 4) is 0 Å². The van der Waals surface area contributed by atoms with E-state index in [2.05, 4.69) is 10.2 Å². The number of nitrogens with two attached hydrogens (primary N) is 1. The highest BCUT2D eigenvalue weighted by Crippen LogP contribution is 2.29. The first-order chi connectivity index (χ1) is 14.0. The normalized spacial score (nSPS) is 21.0. The number of amides is 2. The SMILES string of the molecule is Cn1c(=O)n(C2CCC(=O)NC2=O)c2ccc(N3CCC(CCCN)CC3)cc21. The van der Waals surface area contributed by atoms with E-state index in [0.717, 1.165) is 61.5 Å². The molecular formula is C21H29N5O3. The summed E-state index contributed by atoms with van der Waals surface area (Å²) in [7, 11) is 1.73. The maximum absolute atomic E-state index is 12.9. The van der Waals surface area contributed by atoms with Crippen LogP contribution in [0.4, 0.5) is 5.69 Å². The van der Waals surface area contributed by atoms with Gasteiger partial charge in [-0.15, -0.1) is 0 Å². The zero-order valence-electron chi connectivity index (χ0n) is 16.9. The van der Waals surface area contributed by atoms with Crippen LogP contribution in [0, 0.1) is 5.92 Å². The van der Waals surface area contributed by atoms with Crippen molar-refractivity contribution in [1.82, 2.24) is 14.5 Å². The summed E-state index contributed by atoms with van der Waals surface area (Å²) >= 11 is 0. The molecule has 0 bridgehead atoms. The summed E-state index contributed by atoms with van der Waals surface area (Å²) in [6, 6.07) is 5.35. The van der Waals surface area contributed by atoms with Crippen molar-refractivity contribution < 1.29 is 9.59 Å². The largest absolute Gasteiger partial charge is 0.371 e. The number of carbonyl (C=O) groups is 2. The Balaban J connectivity index is 1.60. The summed E-state index contributed by atoms with van der Waals surface area (Å²) in [6.45, 7) is 2.76. The number of fused-ring (bicyclic) bond motifs is 1. The molecule has 0 aliphatic carbocycles. The molecule has 1 unspecified atom stereocenters. The molecule has 8 nitrogen and oxygen atoms in total. The Kier molecular flexibility index (Phi) is 5.45. The highest BCUT2D eigenvalue weighted by atomic mass is 16.2. The standard InChI is InChI=1S/C21H29N5O3/c1-24-18-13-15(25-11-8-14(9-12-25)3-2-10-22)4-5-16(18)26(21(24)29)17-6-7-19(27)23-20(17)28/h4-5,13-14,17H,2-3,6-12,22H2,1H3,(H,23,27,28). The topological polar surface area (TPSA) is 102 Å². The number of imidazole rings is 1. The van der Waals surface area contributed by atoms with E-state index in [4.69, 9.17) is 5.73 Å². The molecule has 8 heteroatoms. The van der Waals surface area contributed by atoms with Crippen LogP contribution >= 0.6 is 0 Å². The average molecular weight is 399 g/mol. The molecule has 156 valence electrons. The quantitative estimate of drug-likeness (QED) is 0.737. The van der Waals surface area contributed by atoms with E-state index in [1.54, 1.807) is 11.6 Å². The van der Waals surface area contributed by atoms with Crippen molar-refractivity contribution in [2.75, 3.05) is 24.5 Å². The number of nitrogens with one attached hydrogen (secondary N) is 1. The van der Waals surface area contributed by atoms with Crippen LogP contribution < -0.4 is 21.6 Å². The predicted molar refractivity (Wildman–Crippen MR) is 112 cm³/mol. The molecule has 1 atom stereocenters. The van der Waals surface area contributed by atoms with Gasteiger partial charge in [0.2, 0.25) is 11.8 Å². The number of aromatic nitrogens is 2. The minimum atomic E-state index is -0.645. The van der Waals surface area contributed by atoms with Gasteiger partial charge < -0.3 is 10.6 Å². The summed E-state index contributed by atoms with van der Waals surface area (Å²) < 4.78 is 3.12. The molecule has 2 aromatic rings. The van der Waals surface area contributed by atoms with Gasteiger partial charge >= 0.3 is 5.69 Å². The van der Waals surface area contributed by atoms with Crippen molar-refractivity contribution in [2.45, 2.75) is 44.6 Å². The lowest BCUT2D eigenvalue weighted by Gasteiger charge is -2.33. The number of rotatable bonds is 5. The molecule has 3 heterocycles. The first kappa shape index (κ1) is 19.7. The number of piperidine rings is 2. The van der Waals surface area contributed by atoms with Gasteiger partial charge in [-0.1, -0.05) is 0 Å². The van der Waals surface area contributed by atoms with Crippen LogP contribution in [0.5, 0.6) is 0 Å². The molecule has 2 amide bonds. The molecule has 4 rings (SSSR count). The van der Waals surface area contributed by atoms with Crippen molar-refractivity contribution in [3.05, 3.63) is 28.7 Å². The summed E-state index contributed by atoms with van der Waals surface area (Å²) in [5.74, 6) is 0.0626. The fourth-order valence-corrected chi connectivity index (χ4v) is 4.66. The number of hydrogen-bond donors (Lipinski definition) is 2. The van der Waals surface area contributed by atoms with Crippen LogP contribution in [0.1, 0.15) is 44.6 Å². The average Bonchev–Trinajstić information content (AvgIpc) is 2.97. The predicted octanol–water partition coefficient (Wildman–Crippen LogP) is 1.27. The van der Waals surface area contributed by atoms with Gasteiger partial charge in [-0.3, -0.25) is 24.0 Å². The van der Waals surface area contributed by atoms with Crippen LogP contribution in [0.3, 0.4) is 0 Å². The van der Waals surface area contributed by atoms with Gasteiger partial charge in [0.15, 0.2) is 0 Å². The molecule has 1 aromatic carbocycles. The van der Waals surface area contributed by atoms with E-state index >= 15 is 0 Å². The fraction of sp³-hybridized carbons (Fsp3) is 0.571. The third kappa shape index (κ3) is 3.69. The molecule has 0 saturated carbocycles. The third-order valence-corrected chi connectivity index (χ3v) is 6.39. The maximum atomic E-state index is 12.9. The lowest BCUT2D eigenvalue weighted by molar-refractivity contribution is -0.135. The van der Waals surface area contributed by atoms with Crippen molar-refractivity contribution in [2.24, 2.45) is 18.7 Å². The molecule has 2 aliphatic rings. The van der Waals surface area contributed by atoms with Crippen molar-refractivity contribution in [1.29, 1.82) is 0 Å². The number of nitrogens with zero attached hydrogens (tertiary/aromatic N) is 3. The van der Waals surface area contributed by atoms with E-state index in [1.807, 2.05) is 18.2 Å². The zero-order valence-corrected chi connectivity index (χ0v) is 16.9. The minimum absolute atomic E-state index is 0.229. The van der Waals surface area contributed by atoms with Gasteiger partial charge in [0, 0.05) is 32.2 Å². The number of anilines is 1. The van der Waals surface area contributed by atoms with E-state index in [9.17, 15) is 14.4 Å². The molecule has 3 N–H and O–H groups in total. The van der Waals surface area contributed by atoms with Gasteiger partial charge in [0.25, 0.3) is 0 Å². The molecule has 0 radical (unpaired) electrons. The summed E-state index contributed by atoms with van der Waals surface area (Å²) in [6.07, 6.45) is 5.21. The Bertz CT molecular complexity index is 984. The molecule has 0 spiro atoms. The van der Waals surface area contributed by atoms with E-state index in [1.165, 1.54) is 11.0 Å². The van der Waals surface area contributed by atoms with Crippen LogP contribution in [0.25, 0.3) is 11.0 Å². The van der Waals surface area contributed by atoms with Gasteiger partial charge in [0.05, 0.1) is 11.0 Å². The third-order valence-electron chi connectivity index (χ3n) is 6.39. The van der Waals surface area contributed by atoms with Gasteiger partial charge in [0.1, 0.15) is 6.04 Å². The Morgan fingerprint density at radius 2 is 1.86 bits per heavy atom. The number of aryl methyl sites for hydroxylation is 1. The Morgan fingerprint density at radius 1 is 1.10 bits per heavy atom. The number of hydrogen-bond acceptors (Lipinski definition) is 5. The zero-order chi connectivity index (χ0) is 20.5. The Labute approximate surface area is 169 Å². The van der Waals surface area contributed by atoms with E-state index < -0.39 is 11.9 Å². The smallest absolute Gasteiger partial charge is 0.329 e. The van der Waals surface area contributed by atoms with E-state index in [0.29, 0.717) is 6.42 Å². The van der Waals surface area contributed by atoms with Crippen molar-refractivity contribution >= 4 is 28.5 Å². The summed E-state index contributed by atoms with van der Waals surface area (Å²) in [5.41, 5.74) is 8.04. The Morgan fingerprint density at radius 3 is 2.55 bits per heavy atom. The highest BCUT2D eigenvalue weighted by molar-refractivity contribution is 6.00. The number of imide groups is 1. The summed E-state index contributed by atoms with van der Waals surface area (Å²) in [4.78, 5) is 39.0. The molecule has 1 aromatic heterocycles. The van der Waals surface area contributed by atoms with Gasteiger partial charge in [-0.2, -0.15) is 0 Å². The number of carbonyl (C=O) groups excluding carboxylic acids is 2. The van der Waals surface area contributed by atoms with Crippen LogP contribution in [-0.4, -0.2) is 40.6 Å². The molecule has 2 fully saturated rings. The van der Waals surface area contributed by atoms with Gasteiger partial charge in [-0.25, -0.2) is 4.79 Å². The van der Waals surface area contributed by atoms with Crippen molar-refractivity contribution in [3.63, 3.8) is 0 Å². The first-order valence-corrected chi connectivity index (χ1v) is 10.5. The molecule has 2 saturated heterocycles. The van der Waals surface area contributed by atoms with E-state index in [-0.39, 0.29) is 18.0 Å². The first-order valence-electron chi connectivity index (χ1n) is 10.5. The molecule has 29 heavy (non-hydrogen) atoms. The maximum Gasteiger partial charge on any atom is 0.329 e. The number of benzene rings is 1. The van der Waals surface area contributed by atoms with Crippen LogP contribution in [0.2, 0.25) is 0 Å². The molecular weight excluding hydrogens is 370 g/mol. The monoisotopic (exact) mass is 399 g/mol. The minimum Gasteiger partial charge on any atom is -0.371 e. The second-order valence-corrected chi connectivity index (χ2v) is 8.21. The lowest BCUT2D eigenvalue weighted by atomic mass is 9.92. The lowest BCUT2D eigenvalue weighted by Crippen LogP contribution is -2.44. The van der Waals surface area contributed by atoms with Crippen LogP contribution in [0.15, 0.2) is 23.0 Å². The summed E-state index contributed by atoms with van der Waals surface area (Å²) in [5, 5.41) is 2.35.